The molecule has 0 aliphatic carbocycles. The molecule has 1 aromatic carbocycles. The lowest BCUT2D eigenvalue weighted by atomic mass is 10.0. The zero-order valence-electron chi connectivity index (χ0n) is 14.4. The Balaban J connectivity index is 0.00000312. The molecule has 0 bridgehead atoms. The summed E-state index contributed by atoms with van der Waals surface area (Å²) in [6, 6.07) is 7.09. The highest BCUT2D eigenvalue weighted by Crippen LogP contribution is 2.28. The van der Waals surface area contributed by atoms with Gasteiger partial charge < -0.3 is 10.2 Å². The second-order valence-corrected chi connectivity index (χ2v) is 8.05. The fourth-order valence-electron chi connectivity index (χ4n) is 2.97. The van der Waals surface area contributed by atoms with Crippen LogP contribution < -0.4 is 5.32 Å². The van der Waals surface area contributed by atoms with Crippen LogP contribution in [0.1, 0.15) is 25.5 Å². The third-order valence-electron chi connectivity index (χ3n) is 4.23. The summed E-state index contributed by atoms with van der Waals surface area (Å²) < 4.78 is 26.1. The quantitative estimate of drug-likeness (QED) is 0.778. The van der Waals surface area contributed by atoms with Crippen LogP contribution in [-0.2, 0) is 14.8 Å². The first kappa shape index (κ1) is 22.2. The van der Waals surface area contributed by atoms with Gasteiger partial charge >= 0.3 is 0 Å². The number of hydrogen-bond donors (Lipinski definition) is 1. The molecule has 142 valence electrons. The molecule has 1 heterocycles. The summed E-state index contributed by atoms with van der Waals surface area (Å²) in [7, 11) is -3.60. The predicted molar refractivity (Wildman–Crippen MR) is 103 cm³/mol. The molecular formula is C16H25Cl2N3O3S. The summed E-state index contributed by atoms with van der Waals surface area (Å²) in [5.41, 5.74) is 0.833. The monoisotopic (exact) mass is 409 g/mol. The number of nitrogens with zero attached hydrogens (tertiary/aromatic N) is 2. The lowest BCUT2D eigenvalue weighted by molar-refractivity contribution is -0.131. The number of carbonyl (C=O) groups is 1. The molecule has 0 radical (unpaired) electrons. The van der Waals surface area contributed by atoms with E-state index in [0.717, 1.165) is 5.56 Å². The maximum Gasteiger partial charge on any atom is 0.239 e. The number of carbonyl (C=O) groups excluding carboxylic acids is 1. The van der Waals surface area contributed by atoms with Crippen LogP contribution in [0.5, 0.6) is 0 Å². The molecule has 1 amide bonds. The van der Waals surface area contributed by atoms with Crippen molar-refractivity contribution in [2.75, 3.05) is 38.5 Å². The molecule has 1 fully saturated rings. The Morgan fingerprint density at radius 2 is 1.96 bits per heavy atom. The average molecular weight is 410 g/mol. The Labute approximate surface area is 161 Å². The Kier molecular flexibility index (Phi) is 8.63. The van der Waals surface area contributed by atoms with Gasteiger partial charge in [-0.1, -0.05) is 43.6 Å². The average Bonchev–Trinajstić information content (AvgIpc) is 2.55. The molecule has 0 aromatic heterocycles. The van der Waals surface area contributed by atoms with Crippen molar-refractivity contribution in [1.29, 1.82) is 0 Å². The zero-order chi connectivity index (χ0) is 17.7. The number of nitrogens with one attached hydrogen (secondary N) is 1. The van der Waals surface area contributed by atoms with Gasteiger partial charge in [-0.25, -0.2) is 12.7 Å². The van der Waals surface area contributed by atoms with Gasteiger partial charge in [0.25, 0.3) is 0 Å². The maximum atomic E-state index is 12.7. The van der Waals surface area contributed by atoms with Gasteiger partial charge in [-0.15, -0.1) is 12.4 Å². The second kappa shape index (κ2) is 9.73. The number of hydrogen-bond acceptors (Lipinski definition) is 4. The van der Waals surface area contributed by atoms with Gasteiger partial charge in [0, 0.05) is 37.7 Å². The van der Waals surface area contributed by atoms with E-state index < -0.39 is 15.8 Å². The molecule has 1 aliphatic rings. The third-order valence-corrected chi connectivity index (χ3v) is 6.49. The van der Waals surface area contributed by atoms with Gasteiger partial charge in [0.1, 0.15) is 5.75 Å². The number of rotatable bonds is 6. The van der Waals surface area contributed by atoms with Crippen LogP contribution in [0.15, 0.2) is 24.3 Å². The summed E-state index contributed by atoms with van der Waals surface area (Å²) in [6.07, 6.45) is 0. The fraction of sp³-hybridized carbons (Fsp3) is 0.562. The molecule has 0 spiro atoms. The minimum atomic E-state index is -3.60. The van der Waals surface area contributed by atoms with E-state index in [4.69, 9.17) is 11.6 Å². The molecule has 1 unspecified atom stereocenters. The highest BCUT2D eigenvalue weighted by molar-refractivity contribution is 7.89. The van der Waals surface area contributed by atoms with E-state index in [2.05, 4.69) is 5.32 Å². The van der Waals surface area contributed by atoms with E-state index in [1.165, 1.54) is 4.31 Å². The van der Waals surface area contributed by atoms with Crippen molar-refractivity contribution in [3.05, 3.63) is 34.9 Å². The summed E-state index contributed by atoms with van der Waals surface area (Å²) in [6.45, 7) is 5.91. The van der Waals surface area contributed by atoms with E-state index in [9.17, 15) is 13.2 Å². The first-order valence-corrected chi connectivity index (χ1v) is 10.1. The number of sulfonamides is 1. The Hall–Kier alpha value is -0.860. The van der Waals surface area contributed by atoms with Crippen LogP contribution in [0, 0.1) is 0 Å². The van der Waals surface area contributed by atoms with Crippen LogP contribution in [0.3, 0.4) is 0 Å². The van der Waals surface area contributed by atoms with E-state index in [1.54, 1.807) is 24.8 Å². The Morgan fingerprint density at radius 3 is 2.56 bits per heavy atom. The normalized spacial score (nSPS) is 18.1. The second-order valence-electron chi connectivity index (χ2n) is 5.67. The third kappa shape index (κ3) is 5.31. The summed E-state index contributed by atoms with van der Waals surface area (Å²) in [5, 5.41) is 3.82. The fourth-order valence-corrected chi connectivity index (χ4v) is 4.68. The highest BCUT2D eigenvalue weighted by atomic mass is 35.5. The number of amides is 1. The van der Waals surface area contributed by atoms with Crippen molar-refractivity contribution >= 4 is 39.9 Å². The van der Waals surface area contributed by atoms with Crippen molar-refractivity contribution in [2.45, 2.75) is 19.9 Å². The van der Waals surface area contributed by atoms with Crippen LogP contribution in [0.2, 0.25) is 5.02 Å². The molecule has 1 atom stereocenters. The van der Waals surface area contributed by atoms with Crippen LogP contribution >= 0.6 is 24.0 Å². The predicted octanol–water partition coefficient (Wildman–Crippen LogP) is 1.91. The Morgan fingerprint density at radius 1 is 1.32 bits per heavy atom. The zero-order valence-corrected chi connectivity index (χ0v) is 16.8. The summed E-state index contributed by atoms with van der Waals surface area (Å²) >= 11 is 6.26. The largest absolute Gasteiger partial charge is 0.332 e. The van der Waals surface area contributed by atoms with E-state index in [-0.39, 0.29) is 24.4 Å². The summed E-state index contributed by atoms with van der Waals surface area (Å²) in [4.78, 5) is 14.3. The molecule has 25 heavy (non-hydrogen) atoms. The first-order chi connectivity index (χ1) is 11.4. The van der Waals surface area contributed by atoms with Crippen molar-refractivity contribution in [2.24, 2.45) is 0 Å². The first-order valence-electron chi connectivity index (χ1n) is 8.13. The van der Waals surface area contributed by atoms with Gasteiger partial charge in [0.15, 0.2) is 0 Å². The number of halogens is 2. The lowest BCUT2D eigenvalue weighted by Crippen LogP contribution is -2.51. The standard InChI is InChI=1S/C16H24ClN3O3S.ClH/c1-3-19(4-2)24(22,23)12-16(21)20-10-9-18-11-15(20)13-7-5-6-8-14(13)17;/h5-8,15,18H,3-4,9-12H2,1-2H3;1H. The smallest absolute Gasteiger partial charge is 0.239 e. The molecule has 9 heteroatoms. The minimum absolute atomic E-state index is 0. The van der Waals surface area contributed by atoms with Crippen LogP contribution in [0.4, 0.5) is 0 Å². The molecule has 0 saturated carbocycles. The minimum Gasteiger partial charge on any atom is -0.332 e. The van der Waals surface area contributed by atoms with Crippen LogP contribution in [-0.4, -0.2) is 62.0 Å². The number of piperazine rings is 1. The molecule has 1 aliphatic heterocycles. The highest BCUT2D eigenvalue weighted by Gasteiger charge is 2.32. The van der Waals surface area contributed by atoms with Gasteiger partial charge in [0.05, 0.1) is 6.04 Å². The molecule has 1 saturated heterocycles. The van der Waals surface area contributed by atoms with Gasteiger partial charge in [0.2, 0.25) is 15.9 Å². The molecule has 1 aromatic rings. The van der Waals surface area contributed by atoms with Crippen molar-refractivity contribution in [1.82, 2.24) is 14.5 Å². The van der Waals surface area contributed by atoms with Crippen molar-refractivity contribution in [3.8, 4) is 0 Å². The van der Waals surface area contributed by atoms with Crippen LogP contribution in [0.25, 0.3) is 0 Å². The van der Waals surface area contributed by atoms with E-state index in [1.807, 2.05) is 18.2 Å². The number of benzene rings is 1. The van der Waals surface area contributed by atoms with Gasteiger partial charge in [-0.2, -0.15) is 0 Å². The lowest BCUT2D eigenvalue weighted by Gasteiger charge is -2.37. The molecule has 6 nitrogen and oxygen atoms in total. The van der Waals surface area contributed by atoms with E-state index in [0.29, 0.717) is 37.7 Å². The van der Waals surface area contributed by atoms with Gasteiger partial charge in [-0.05, 0) is 11.6 Å². The molecule has 1 N–H and O–H groups in total. The van der Waals surface area contributed by atoms with E-state index >= 15 is 0 Å². The summed E-state index contributed by atoms with van der Waals surface area (Å²) in [5.74, 6) is -0.886. The molecule has 2 rings (SSSR count). The maximum absolute atomic E-state index is 12.7. The van der Waals surface area contributed by atoms with Crippen molar-refractivity contribution in [3.63, 3.8) is 0 Å². The van der Waals surface area contributed by atoms with Gasteiger partial charge in [-0.3, -0.25) is 4.79 Å². The Bertz CT molecular complexity index is 681. The van der Waals surface area contributed by atoms with Crippen molar-refractivity contribution < 1.29 is 13.2 Å². The topological polar surface area (TPSA) is 69.7 Å². The SMILES string of the molecule is CCN(CC)S(=O)(=O)CC(=O)N1CCNCC1c1ccccc1Cl.Cl. The molecular weight excluding hydrogens is 385 g/mol.